The maximum absolute atomic E-state index is 11.9. The summed E-state index contributed by atoms with van der Waals surface area (Å²) in [7, 11) is 1.84. The molecule has 9 nitrogen and oxygen atoms in total. The van der Waals surface area contributed by atoms with Gasteiger partial charge in [-0.1, -0.05) is 18.2 Å². The van der Waals surface area contributed by atoms with Gasteiger partial charge in [-0.15, -0.1) is 0 Å². The van der Waals surface area contributed by atoms with Crippen LogP contribution in [0.4, 0.5) is 5.82 Å². The Morgan fingerprint density at radius 1 is 1.43 bits per heavy atom. The van der Waals surface area contributed by atoms with E-state index < -0.39 is 10.8 Å². The van der Waals surface area contributed by atoms with Crippen LogP contribution < -0.4 is 4.90 Å². The molecular weight excluding hydrogens is 302 g/mol. The first kappa shape index (κ1) is 13.3. The van der Waals surface area contributed by atoms with E-state index >= 15 is 0 Å². The minimum atomic E-state index is -0.896. The van der Waals surface area contributed by atoms with Crippen molar-refractivity contribution in [1.29, 1.82) is 0 Å². The number of nitrogens with zero attached hydrogens (tertiary/aromatic N) is 5. The summed E-state index contributed by atoms with van der Waals surface area (Å²) in [5, 5.41) is 31.6. The first-order valence-electron chi connectivity index (χ1n) is 6.77. The van der Waals surface area contributed by atoms with Crippen LogP contribution in [0.1, 0.15) is 17.2 Å². The third-order valence-corrected chi connectivity index (χ3v) is 3.97. The van der Waals surface area contributed by atoms with Gasteiger partial charge in [0, 0.05) is 29.3 Å². The molecule has 0 radical (unpaired) electrons. The molecule has 0 saturated heterocycles. The third kappa shape index (κ3) is 1.79. The number of fused-ring (bicyclic) bond motifs is 2. The lowest BCUT2D eigenvalue weighted by molar-refractivity contribution is -0.808. The molecule has 0 spiro atoms. The van der Waals surface area contributed by atoms with E-state index in [2.05, 4.69) is 15.1 Å². The van der Waals surface area contributed by atoms with Crippen LogP contribution in [0, 0.1) is 15.3 Å². The highest BCUT2D eigenvalue weighted by molar-refractivity contribution is 5.85. The van der Waals surface area contributed by atoms with Gasteiger partial charge in [-0.05, 0) is 22.7 Å². The largest absolute Gasteiger partial charge is 0.389 e. The molecule has 3 aromatic rings. The molecule has 0 amide bonds. The Kier molecular flexibility index (Phi) is 2.64. The van der Waals surface area contributed by atoms with Gasteiger partial charge in [-0.25, -0.2) is 0 Å². The second-order valence-electron chi connectivity index (χ2n) is 5.22. The smallest absolute Gasteiger partial charge is 0.258 e. The fourth-order valence-electron chi connectivity index (χ4n) is 2.98. The molecular formula is C14H10N5O4-. The number of nitro groups is 1. The molecule has 4 rings (SSSR count). The van der Waals surface area contributed by atoms with Gasteiger partial charge in [0.2, 0.25) is 11.5 Å². The van der Waals surface area contributed by atoms with E-state index in [1.54, 1.807) is 6.20 Å². The standard InChI is InChI=1S/C14H10N5O4/c1-17-7-9(8-4-2-3-5-10(8)17)12-11(18(20)21)6-15-14-13(12)19(22)23-16-14/h2-7,12H,1H3/q-1. The maximum atomic E-state index is 11.9. The van der Waals surface area contributed by atoms with Crippen molar-refractivity contribution in [3.05, 3.63) is 74.3 Å². The van der Waals surface area contributed by atoms with E-state index in [-0.39, 0.29) is 22.1 Å². The van der Waals surface area contributed by atoms with Gasteiger partial charge in [-0.2, -0.15) is 0 Å². The summed E-state index contributed by atoms with van der Waals surface area (Å²) in [6.07, 6.45) is 2.89. The maximum Gasteiger partial charge on any atom is 0.258 e. The van der Waals surface area contributed by atoms with E-state index in [1.165, 1.54) is 0 Å². The van der Waals surface area contributed by atoms with Crippen LogP contribution in [0.5, 0.6) is 0 Å². The van der Waals surface area contributed by atoms with Crippen LogP contribution in [0.25, 0.3) is 16.2 Å². The molecule has 1 aliphatic rings. The van der Waals surface area contributed by atoms with E-state index in [4.69, 9.17) is 0 Å². The molecule has 1 aromatic carbocycles. The van der Waals surface area contributed by atoms with Crippen LogP contribution in [0.15, 0.2) is 47.0 Å². The summed E-state index contributed by atoms with van der Waals surface area (Å²) >= 11 is 0. The fraction of sp³-hybridized carbons (Fsp3) is 0.143. The highest BCUT2D eigenvalue weighted by Crippen LogP contribution is 2.43. The average molecular weight is 312 g/mol. The molecule has 116 valence electrons. The van der Waals surface area contributed by atoms with Crippen LogP contribution >= 0.6 is 0 Å². The molecule has 1 unspecified atom stereocenters. The van der Waals surface area contributed by atoms with Gasteiger partial charge in [0.1, 0.15) is 5.92 Å². The molecule has 0 bridgehead atoms. The first-order chi connectivity index (χ1) is 11.1. The van der Waals surface area contributed by atoms with Crippen molar-refractivity contribution in [3.8, 4) is 0 Å². The van der Waals surface area contributed by atoms with E-state index in [9.17, 15) is 15.3 Å². The highest BCUT2D eigenvalue weighted by Gasteiger charge is 2.41. The summed E-state index contributed by atoms with van der Waals surface area (Å²) in [5.41, 5.74) is 1.37. The minimum Gasteiger partial charge on any atom is -0.389 e. The first-order valence-corrected chi connectivity index (χ1v) is 6.77. The SMILES string of the molecule is Cn1cc(C2C([N+](=O)[O-])=C[N-]c3no[n+]([O-])c32)c2ccccc21. The zero-order valence-corrected chi connectivity index (χ0v) is 11.9. The van der Waals surface area contributed by atoms with Crippen LogP contribution in [-0.2, 0) is 7.05 Å². The Morgan fingerprint density at radius 2 is 2.22 bits per heavy atom. The van der Waals surface area contributed by atoms with Gasteiger partial charge in [0.15, 0.2) is 0 Å². The highest BCUT2D eigenvalue weighted by atomic mass is 16.8. The number of allylic oxidation sites excluding steroid dienone is 1. The summed E-state index contributed by atoms with van der Waals surface area (Å²) < 4.78 is 6.43. The zero-order valence-electron chi connectivity index (χ0n) is 11.9. The molecule has 23 heavy (non-hydrogen) atoms. The average Bonchev–Trinajstić information content (AvgIpc) is 3.08. The molecule has 0 saturated carbocycles. The molecule has 1 atom stereocenters. The predicted octanol–water partition coefficient (Wildman–Crippen LogP) is 2.07. The summed E-state index contributed by atoms with van der Waals surface area (Å²) in [4.78, 5) is 11.1. The lowest BCUT2D eigenvalue weighted by atomic mass is 9.91. The van der Waals surface area contributed by atoms with Gasteiger partial charge in [0.25, 0.3) is 5.70 Å². The number of aryl methyl sites for hydroxylation is 1. The summed E-state index contributed by atoms with van der Waals surface area (Å²) in [6, 6.07) is 7.48. The Balaban J connectivity index is 2.02. The molecule has 0 fully saturated rings. The fourth-order valence-corrected chi connectivity index (χ4v) is 2.98. The lowest BCUT2D eigenvalue weighted by Gasteiger charge is -2.17. The van der Waals surface area contributed by atoms with Crippen molar-refractivity contribution in [2.75, 3.05) is 0 Å². The third-order valence-electron chi connectivity index (χ3n) is 3.97. The molecule has 3 heterocycles. The topological polar surface area (TPSA) is 115 Å². The summed E-state index contributed by atoms with van der Waals surface area (Å²) in [6.45, 7) is 0. The van der Waals surface area contributed by atoms with Crippen molar-refractivity contribution < 1.29 is 14.5 Å². The quantitative estimate of drug-likeness (QED) is 0.408. The van der Waals surface area contributed by atoms with Crippen LogP contribution in [0.2, 0.25) is 0 Å². The zero-order chi connectivity index (χ0) is 16.1. The predicted molar refractivity (Wildman–Crippen MR) is 78.3 cm³/mol. The van der Waals surface area contributed by atoms with Gasteiger partial charge in [0.05, 0.1) is 4.92 Å². The molecule has 1 aliphatic heterocycles. The number of aromatic nitrogens is 3. The second-order valence-corrected chi connectivity index (χ2v) is 5.22. The van der Waals surface area contributed by atoms with Crippen molar-refractivity contribution in [2.24, 2.45) is 7.05 Å². The molecule has 0 aliphatic carbocycles. The van der Waals surface area contributed by atoms with E-state index in [1.807, 2.05) is 35.9 Å². The van der Waals surface area contributed by atoms with Crippen molar-refractivity contribution in [2.45, 2.75) is 5.92 Å². The van der Waals surface area contributed by atoms with Crippen LogP contribution in [0.3, 0.4) is 0 Å². The van der Waals surface area contributed by atoms with Gasteiger partial charge in [-0.3, -0.25) is 14.7 Å². The van der Waals surface area contributed by atoms with Crippen molar-refractivity contribution in [1.82, 2.24) is 9.72 Å². The summed E-state index contributed by atoms with van der Waals surface area (Å²) in [5.74, 6) is -0.837. The number of hydrogen-bond acceptors (Lipinski definition) is 5. The molecule has 9 heteroatoms. The number of para-hydroxylation sites is 1. The lowest BCUT2D eigenvalue weighted by Crippen LogP contribution is -2.32. The Morgan fingerprint density at radius 3 is 3.00 bits per heavy atom. The van der Waals surface area contributed by atoms with Gasteiger partial charge >= 0.3 is 0 Å². The Labute approximate surface area is 129 Å². The normalized spacial score (nSPS) is 16.7. The van der Waals surface area contributed by atoms with E-state index in [0.717, 1.165) is 17.1 Å². The minimum absolute atomic E-state index is 0.0237. The Hall–Kier alpha value is -3.36. The monoisotopic (exact) mass is 312 g/mol. The molecule has 0 N–H and O–H groups in total. The number of benzene rings is 1. The van der Waals surface area contributed by atoms with Gasteiger partial charge < -0.3 is 15.1 Å². The Bertz CT molecular complexity index is 971. The van der Waals surface area contributed by atoms with Crippen LogP contribution in [-0.4, -0.2) is 14.6 Å². The van der Waals surface area contributed by atoms with Crippen molar-refractivity contribution >= 4 is 16.7 Å². The number of rotatable bonds is 2. The van der Waals surface area contributed by atoms with Crippen molar-refractivity contribution in [3.63, 3.8) is 0 Å². The second kappa shape index (κ2) is 4.57. The number of hydrogen-bond donors (Lipinski definition) is 0. The van der Waals surface area contributed by atoms with E-state index in [0.29, 0.717) is 5.56 Å². The molecule has 2 aromatic heterocycles.